The summed E-state index contributed by atoms with van der Waals surface area (Å²) in [5.74, 6) is -0.214. The normalized spacial score (nSPS) is 15.7. The summed E-state index contributed by atoms with van der Waals surface area (Å²) in [5, 5.41) is 23.5. The molecule has 0 saturated carbocycles. The van der Waals surface area contributed by atoms with E-state index in [0.29, 0.717) is 12.1 Å². The maximum absolute atomic E-state index is 12.4. The third-order valence-corrected chi connectivity index (χ3v) is 4.80. The lowest BCUT2D eigenvalue weighted by molar-refractivity contribution is -0.918. The number of benzene rings is 2. The Morgan fingerprint density at radius 3 is 2.50 bits per heavy atom. The molecule has 1 fully saturated rings. The molecular formula is C19H23N3O4. The fraction of sp³-hybridized carbons (Fsp3) is 0.368. The zero-order valence-corrected chi connectivity index (χ0v) is 14.8. The molecule has 26 heavy (non-hydrogen) atoms. The van der Waals surface area contributed by atoms with E-state index in [1.165, 1.54) is 29.7 Å². The third kappa shape index (κ3) is 4.30. The molecule has 1 heterocycles. The van der Waals surface area contributed by atoms with Gasteiger partial charge in [0.1, 0.15) is 12.3 Å². The van der Waals surface area contributed by atoms with Crippen molar-refractivity contribution in [3.8, 4) is 11.5 Å². The van der Waals surface area contributed by atoms with Crippen molar-refractivity contribution in [1.82, 2.24) is 4.90 Å². The highest BCUT2D eigenvalue weighted by Crippen LogP contribution is 2.31. The summed E-state index contributed by atoms with van der Waals surface area (Å²) < 4.78 is 5.01. The molecule has 0 radical (unpaired) electrons. The van der Waals surface area contributed by atoms with Gasteiger partial charge in [0.15, 0.2) is 0 Å². The minimum atomic E-state index is -0.488. The second kappa shape index (κ2) is 8.16. The molecule has 2 aromatic rings. The molecule has 0 amide bonds. The molecule has 2 aromatic carbocycles. The molecule has 1 aliphatic heterocycles. The lowest BCUT2D eigenvalue weighted by atomic mass is 10.1. The van der Waals surface area contributed by atoms with E-state index in [-0.39, 0.29) is 17.2 Å². The van der Waals surface area contributed by atoms with Crippen LogP contribution in [0.25, 0.3) is 0 Å². The Hall–Kier alpha value is -2.64. The van der Waals surface area contributed by atoms with Crippen molar-refractivity contribution in [2.45, 2.75) is 13.1 Å². The van der Waals surface area contributed by atoms with Crippen LogP contribution in [0, 0.1) is 10.1 Å². The smallest absolute Gasteiger partial charge is 0.273 e. The number of methoxy groups -OCH3 is 1. The van der Waals surface area contributed by atoms with Crippen LogP contribution in [-0.4, -0.2) is 43.1 Å². The lowest BCUT2D eigenvalue weighted by Gasteiger charge is -2.33. The highest BCUT2D eigenvalue weighted by molar-refractivity contribution is 5.52. The highest BCUT2D eigenvalue weighted by atomic mass is 16.6. The Bertz CT molecular complexity index is 759. The zero-order chi connectivity index (χ0) is 18.5. The lowest BCUT2D eigenvalue weighted by Crippen LogP contribution is -3.13. The Morgan fingerprint density at radius 1 is 1.19 bits per heavy atom. The van der Waals surface area contributed by atoms with Gasteiger partial charge in [0.25, 0.3) is 5.69 Å². The molecule has 0 unspecified atom stereocenters. The monoisotopic (exact) mass is 357 g/mol. The maximum atomic E-state index is 12.4. The number of quaternary nitrogens is 1. The van der Waals surface area contributed by atoms with E-state index < -0.39 is 4.92 Å². The van der Waals surface area contributed by atoms with E-state index in [4.69, 9.17) is 4.74 Å². The van der Waals surface area contributed by atoms with Crippen LogP contribution in [0.1, 0.15) is 11.1 Å². The van der Waals surface area contributed by atoms with Gasteiger partial charge in [-0.05, 0) is 5.56 Å². The van der Waals surface area contributed by atoms with Crippen molar-refractivity contribution < 1.29 is 19.7 Å². The van der Waals surface area contributed by atoms with Crippen LogP contribution in [0.5, 0.6) is 11.5 Å². The summed E-state index contributed by atoms with van der Waals surface area (Å²) in [5.41, 5.74) is 1.64. The number of piperazine rings is 1. The highest BCUT2D eigenvalue weighted by Gasteiger charge is 2.22. The summed E-state index contributed by atoms with van der Waals surface area (Å²) >= 11 is 0. The topological polar surface area (TPSA) is 83.1 Å². The first-order chi connectivity index (χ1) is 12.6. The first-order valence-corrected chi connectivity index (χ1v) is 8.69. The number of nitro groups is 1. The molecule has 3 rings (SSSR count). The minimum Gasteiger partial charge on any atom is -0.870 e. The minimum absolute atomic E-state index is 0.0383. The molecule has 1 N–H and O–H groups in total. The molecule has 0 bridgehead atoms. The maximum Gasteiger partial charge on any atom is 0.273 e. The molecule has 1 saturated heterocycles. The molecule has 7 heteroatoms. The summed E-state index contributed by atoms with van der Waals surface area (Å²) in [6.07, 6.45) is 0. The fourth-order valence-electron chi connectivity index (χ4n) is 3.35. The third-order valence-electron chi connectivity index (χ3n) is 4.80. The Balaban J connectivity index is 1.62. The number of nitrogens with zero attached hydrogens (tertiary/aromatic N) is 2. The molecule has 138 valence electrons. The number of rotatable bonds is 6. The van der Waals surface area contributed by atoms with Crippen LogP contribution in [0.3, 0.4) is 0 Å². The zero-order valence-electron chi connectivity index (χ0n) is 14.8. The second-order valence-corrected chi connectivity index (χ2v) is 6.58. The van der Waals surface area contributed by atoms with Gasteiger partial charge in [-0.25, -0.2) is 0 Å². The Labute approximate surface area is 152 Å². The van der Waals surface area contributed by atoms with Crippen LogP contribution >= 0.6 is 0 Å². The molecule has 0 spiro atoms. The van der Waals surface area contributed by atoms with Crippen molar-refractivity contribution in [1.29, 1.82) is 0 Å². The first kappa shape index (κ1) is 18.2. The molecule has 0 atom stereocenters. The van der Waals surface area contributed by atoms with Crippen molar-refractivity contribution in [3.05, 3.63) is 63.7 Å². The summed E-state index contributed by atoms with van der Waals surface area (Å²) in [4.78, 5) is 14.2. The average Bonchev–Trinajstić information content (AvgIpc) is 2.65. The molecule has 0 aliphatic carbocycles. The number of hydrogen-bond donors (Lipinski definition) is 1. The van der Waals surface area contributed by atoms with Gasteiger partial charge in [0, 0.05) is 31.3 Å². The van der Waals surface area contributed by atoms with Crippen molar-refractivity contribution >= 4 is 5.69 Å². The van der Waals surface area contributed by atoms with Gasteiger partial charge in [-0.2, -0.15) is 0 Å². The van der Waals surface area contributed by atoms with Gasteiger partial charge in [-0.15, -0.1) is 0 Å². The van der Waals surface area contributed by atoms with E-state index in [2.05, 4.69) is 17.0 Å². The Morgan fingerprint density at radius 2 is 1.88 bits per heavy atom. The van der Waals surface area contributed by atoms with Crippen LogP contribution in [0.2, 0.25) is 0 Å². The number of hydrogen-bond acceptors (Lipinski definition) is 5. The van der Waals surface area contributed by atoms with Crippen LogP contribution in [0.4, 0.5) is 5.69 Å². The summed E-state index contributed by atoms with van der Waals surface area (Å²) in [6.45, 7) is 5.07. The van der Waals surface area contributed by atoms with Crippen LogP contribution in [0.15, 0.2) is 42.5 Å². The largest absolute Gasteiger partial charge is 0.870 e. The van der Waals surface area contributed by atoms with Crippen LogP contribution in [-0.2, 0) is 13.1 Å². The average molecular weight is 357 g/mol. The standard InChI is InChI=1S/C19H23N3O4/c1-26-18-12-17(22(24)25)11-16(19(18)23)14-21-9-7-20(8-10-21)13-15-5-3-2-4-6-15/h2-6,11-12,23H,7-10,13-14H2,1H3. The van der Waals surface area contributed by atoms with Crippen LogP contribution < -0.4 is 14.7 Å². The van der Waals surface area contributed by atoms with Gasteiger partial charge in [-0.1, -0.05) is 36.1 Å². The van der Waals surface area contributed by atoms with Crippen molar-refractivity contribution in [2.24, 2.45) is 0 Å². The predicted molar refractivity (Wildman–Crippen MR) is 95.2 cm³/mol. The second-order valence-electron chi connectivity index (χ2n) is 6.58. The molecule has 7 nitrogen and oxygen atoms in total. The van der Waals surface area contributed by atoms with Gasteiger partial charge >= 0.3 is 0 Å². The van der Waals surface area contributed by atoms with E-state index in [0.717, 1.165) is 32.7 Å². The quantitative estimate of drug-likeness (QED) is 0.604. The predicted octanol–water partition coefficient (Wildman–Crippen LogP) is 0.578. The summed E-state index contributed by atoms with van der Waals surface area (Å²) in [7, 11) is 1.36. The van der Waals surface area contributed by atoms with Gasteiger partial charge in [0.2, 0.25) is 0 Å². The number of nitrogens with one attached hydrogen (secondary N) is 1. The van der Waals surface area contributed by atoms with Gasteiger partial charge in [-0.3, -0.25) is 15.0 Å². The number of ether oxygens (including phenoxy) is 1. The van der Waals surface area contributed by atoms with Crippen molar-refractivity contribution in [2.75, 3.05) is 33.3 Å². The van der Waals surface area contributed by atoms with Gasteiger partial charge in [0.05, 0.1) is 31.2 Å². The SMILES string of the molecule is COc1cc([N+](=O)[O-])cc(C[NH+]2CCN(Cc3ccccc3)CC2)c1[O-]. The molecule has 1 aliphatic rings. The van der Waals surface area contributed by atoms with E-state index in [9.17, 15) is 15.2 Å². The number of nitro benzene ring substituents is 1. The Kier molecular flexibility index (Phi) is 5.70. The molecular weight excluding hydrogens is 334 g/mol. The molecule has 0 aromatic heterocycles. The van der Waals surface area contributed by atoms with E-state index in [1.54, 1.807) is 0 Å². The van der Waals surface area contributed by atoms with E-state index in [1.807, 2.05) is 18.2 Å². The fourth-order valence-corrected chi connectivity index (χ4v) is 3.35. The van der Waals surface area contributed by atoms with Gasteiger partial charge < -0.3 is 14.7 Å². The summed E-state index contributed by atoms with van der Waals surface area (Å²) in [6, 6.07) is 12.9. The number of non-ortho nitro benzene ring substituents is 1. The first-order valence-electron chi connectivity index (χ1n) is 8.69. The van der Waals surface area contributed by atoms with E-state index >= 15 is 0 Å². The van der Waals surface area contributed by atoms with Crippen molar-refractivity contribution in [3.63, 3.8) is 0 Å².